The second-order valence-electron chi connectivity index (χ2n) is 12.6. The van der Waals surface area contributed by atoms with Crippen molar-refractivity contribution < 1.29 is 24.2 Å². The monoisotopic (exact) mass is 721 g/mol. The molecule has 0 saturated carbocycles. The fourth-order valence-electron chi connectivity index (χ4n) is 5.89. The van der Waals surface area contributed by atoms with Crippen molar-refractivity contribution in [3.8, 4) is 5.69 Å². The Kier molecular flexibility index (Phi) is 13.0. The Balaban J connectivity index is 0.996. The summed E-state index contributed by atoms with van der Waals surface area (Å²) in [7, 11) is 0. The lowest BCUT2D eigenvalue weighted by Gasteiger charge is -2.36. The molecule has 5 N–H and O–H groups in total. The number of nitrogens with two attached hydrogens (primary N) is 1. The van der Waals surface area contributed by atoms with Gasteiger partial charge in [-0.2, -0.15) is 4.68 Å². The van der Waals surface area contributed by atoms with Crippen molar-refractivity contribution in [3.63, 3.8) is 0 Å². The van der Waals surface area contributed by atoms with Gasteiger partial charge in [-0.05, 0) is 70.8 Å². The average Bonchev–Trinajstić information content (AvgIpc) is 3.66. The molecule has 12 nitrogen and oxygen atoms in total. The number of nitrogens with one attached hydrogen (secondary N) is 2. The third-order valence-electron chi connectivity index (χ3n) is 8.71. The van der Waals surface area contributed by atoms with E-state index in [4.69, 9.17) is 15.2 Å². The quantitative estimate of drug-likeness (QED) is 0.0474. The van der Waals surface area contributed by atoms with E-state index >= 15 is 0 Å². The molecule has 1 aromatic heterocycles. The number of rotatable bonds is 16. The van der Waals surface area contributed by atoms with Gasteiger partial charge in [-0.1, -0.05) is 91.3 Å². The Morgan fingerprint density at radius 3 is 2.19 bits per heavy atom. The predicted octanol–water partition coefficient (Wildman–Crippen LogP) is 6.99. The molecule has 0 radical (unpaired) electrons. The molecule has 3 atom stereocenters. The van der Waals surface area contributed by atoms with Gasteiger partial charge < -0.3 is 30.9 Å². The van der Waals surface area contributed by atoms with Gasteiger partial charge in [-0.15, -0.1) is 5.10 Å². The van der Waals surface area contributed by atoms with Crippen LogP contribution in [-0.2, 0) is 25.7 Å². The number of tetrazole rings is 1. The van der Waals surface area contributed by atoms with Crippen LogP contribution in [-0.4, -0.2) is 49.0 Å². The number of nitrogen functional groups attached to an aromatic ring is 1. The third-order valence-corrected chi connectivity index (χ3v) is 9.77. The van der Waals surface area contributed by atoms with Gasteiger partial charge in [-0.25, -0.2) is 0 Å². The van der Waals surface area contributed by atoms with Crippen LogP contribution in [0.15, 0.2) is 108 Å². The minimum absolute atomic E-state index is 0.0258. The molecule has 0 unspecified atom stereocenters. The lowest BCUT2D eigenvalue weighted by atomic mass is 10.0. The number of anilines is 3. The zero-order valence-corrected chi connectivity index (χ0v) is 29.6. The summed E-state index contributed by atoms with van der Waals surface area (Å²) in [5.41, 5.74) is 11.3. The first kappa shape index (κ1) is 36.7. The maximum absolute atomic E-state index is 12.7. The molecule has 0 aliphatic carbocycles. The van der Waals surface area contributed by atoms with Crippen LogP contribution >= 0.6 is 11.8 Å². The maximum Gasteiger partial charge on any atom is 0.224 e. The van der Waals surface area contributed by atoms with Gasteiger partial charge >= 0.3 is 0 Å². The van der Waals surface area contributed by atoms with Gasteiger partial charge in [0.15, 0.2) is 6.29 Å². The molecule has 2 amide bonds. The van der Waals surface area contributed by atoms with Gasteiger partial charge in [0.1, 0.15) is 0 Å². The summed E-state index contributed by atoms with van der Waals surface area (Å²) in [5.74, 6) is 0.478. The molecule has 0 spiro atoms. The summed E-state index contributed by atoms with van der Waals surface area (Å²) >= 11 is 1.52. The number of aliphatic hydroxyl groups is 1. The van der Waals surface area contributed by atoms with Crippen molar-refractivity contribution in [1.82, 2.24) is 20.2 Å². The fourth-order valence-corrected chi connectivity index (χ4v) is 6.79. The Labute approximate surface area is 307 Å². The van der Waals surface area contributed by atoms with E-state index in [0.29, 0.717) is 47.2 Å². The molecule has 13 heteroatoms. The number of nitrogens with zero attached hydrogens (tertiary/aromatic N) is 4. The molecule has 1 fully saturated rings. The SMILES string of the molecule is Nc1ccccc1NC(=O)CCCCCCC(=O)Nc1ccc([C@H]2O[C@@H](CSc3nnnn3-c3ccccc3)C[C@@H](c3ccc(CO)cc3)O2)cc1. The van der Waals surface area contributed by atoms with Crippen molar-refractivity contribution in [2.24, 2.45) is 0 Å². The van der Waals surface area contributed by atoms with E-state index in [1.807, 2.05) is 91.0 Å². The van der Waals surface area contributed by atoms with Crippen LogP contribution in [0.4, 0.5) is 17.1 Å². The average molecular weight is 722 g/mol. The number of carbonyl (C=O) groups excluding carboxylic acids is 2. The number of aromatic nitrogens is 4. The van der Waals surface area contributed by atoms with Crippen LogP contribution in [0.1, 0.15) is 74.0 Å². The van der Waals surface area contributed by atoms with Crippen molar-refractivity contribution in [3.05, 3.63) is 120 Å². The molecule has 1 saturated heterocycles. The molecule has 6 rings (SSSR count). The smallest absolute Gasteiger partial charge is 0.224 e. The molecule has 270 valence electrons. The van der Waals surface area contributed by atoms with Crippen molar-refractivity contribution in [2.45, 2.75) is 75.2 Å². The van der Waals surface area contributed by atoms with Gasteiger partial charge in [0, 0.05) is 36.3 Å². The fraction of sp³-hybridized carbons (Fsp3) is 0.308. The second-order valence-corrected chi connectivity index (χ2v) is 13.6. The molecule has 4 aromatic carbocycles. The van der Waals surface area contributed by atoms with E-state index in [-0.39, 0.29) is 30.6 Å². The van der Waals surface area contributed by atoms with Crippen molar-refractivity contribution in [1.29, 1.82) is 0 Å². The van der Waals surface area contributed by atoms with Gasteiger partial charge in [0.25, 0.3) is 0 Å². The molecular formula is C39H43N7O5S. The van der Waals surface area contributed by atoms with Gasteiger partial charge in [-0.3, -0.25) is 9.59 Å². The number of benzene rings is 4. The summed E-state index contributed by atoms with van der Waals surface area (Å²) in [6.07, 6.45) is 3.57. The standard InChI is InChI=1S/C39H43N7O5S/c40-33-12-8-9-13-34(33)42-37(49)15-7-2-1-6-14-36(48)41-30-22-20-29(21-23-30)38-50-32(24-35(51-38)28-18-16-27(25-47)17-19-28)26-52-39-43-44-45-46(39)31-10-4-3-5-11-31/h3-5,8-13,16-23,32,35,38,47H,1-2,6-7,14-15,24-26,40H2,(H,41,48)(H,42,49)/t32-,35+,38+/m1/s1. The summed E-state index contributed by atoms with van der Waals surface area (Å²) in [5, 5.41) is 28.3. The first-order valence-corrected chi connectivity index (χ1v) is 18.4. The van der Waals surface area contributed by atoms with E-state index in [1.54, 1.807) is 16.8 Å². The van der Waals surface area contributed by atoms with Crippen LogP contribution < -0.4 is 16.4 Å². The zero-order chi connectivity index (χ0) is 36.1. The third kappa shape index (κ3) is 10.3. The Hall–Kier alpha value is -5.08. The molecule has 52 heavy (non-hydrogen) atoms. The topological polar surface area (TPSA) is 167 Å². The van der Waals surface area contributed by atoms with E-state index in [0.717, 1.165) is 48.1 Å². The van der Waals surface area contributed by atoms with Crippen LogP contribution in [0.25, 0.3) is 5.69 Å². The summed E-state index contributed by atoms with van der Waals surface area (Å²) < 4.78 is 14.7. The molecular weight excluding hydrogens is 679 g/mol. The molecule has 1 aliphatic heterocycles. The Bertz CT molecular complexity index is 1890. The highest BCUT2D eigenvalue weighted by molar-refractivity contribution is 7.99. The summed E-state index contributed by atoms with van der Waals surface area (Å²) in [6.45, 7) is -0.0258. The molecule has 1 aliphatic rings. The Morgan fingerprint density at radius 1 is 0.808 bits per heavy atom. The molecule has 0 bridgehead atoms. The number of ether oxygens (including phenoxy) is 2. The van der Waals surface area contributed by atoms with Crippen LogP contribution in [0.3, 0.4) is 0 Å². The molecule has 5 aromatic rings. The zero-order valence-electron chi connectivity index (χ0n) is 28.8. The van der Waals surface area contributed by atoms with E-state index in [1.165, 1.54) is 11.8 Å². The highest BCUT2D eigenvalue weighted by Crippen LogP contribution is 2.39. The minimum Gasteiger partial charge on any atom is -0.397 e. The number of hydrogen-bond donors (Lipinski definition) is 4. The second kappa shape index (κ2) is 18.4. The summed E-state index contributed by atoms with van der Waals surface area (Å²) in [4.78, 5) is 24.9. The summed E-state index contributed by atoms with van der Waals surface area (Å²) in [6, 6.07) is 32.2. The highest BCUT2D eigenvalue weighted by atomic mass is 32.2. The van der Waals surface area contributed by atoms with Crippen LogP contribution in [0.2, 0.25) is 0 Å². The number of hydrogen-bond acceptors (Lipinski definition) is 10. The van der Waals surface area contributed by atoms with Crippen LogP contribution in [0, 0.1) is 0 Å². The number of carbonyl (C=O) groups is 2. The number of thioether (sulfide) groups is 1. The number of amides is 2. The number of unbranched alkanes of at least 4 members (excludes halogenated alkanes) is 3. The predicted molar refractivity (Wildman–Crippen MR) is 201 cm³/mol. The van der Waals surface area contributed by atoms with Gasteiger partial charge in [0.2, 0.25) is 17.0 Å². The van der Waals surface area contributed by atoms with Crippen molar-refractivity contribution >= 4 is 40.6 Å². The van der Waals surface area contributed by atoms with E-state index in [2.05, 4.69) is 26.2 Å². The largest absolute Gasteiger partial charge is 0.397 e. The number of para-hydroxylation sites is 3. The first-order chi connectivity index (χ1) is 25.4. The van der Waals surface area contributed by atoms with Crippen LogP contribution in [0.5, 0.6) is 0 Å². The Morgan fingerprint density at radius 2 is 1.48 bits per heavy atom. The van der Waals surface area contributed by atoms with Crippen molar-refractivity contribution in [2.75, 3.05) is 22.1 Å². The molecule has 2 heterocycles. The minimum atomic E-state index is -0.635. The first-order valence-electron chi connectivity index (χ1n) is 17.5. The maximum atomic E-state index is 12.7. The number of aliphatic hydroxyl groups excluding tert-OH is 1. The normalized spacial score (nSPS) is 17.1. The van der Waals surface area contributed by atoms with Gasteiger partial charge in [0.05, 0.1) is 35.9 Å². The highest BCUT2D eigenvalue weighted by Gasteiger charge is 2.32. The van der Waals surface area contributed by atoms with E-state index in [9.17, 15) is 14.7 Å². The lowest BCUT2D eigenvalue weighted by molar-refractivity contribution is -0.245. The lowest BCUT2D eigenvalue weighted by Crippen LogP contribution is -2.31. The van der Waals surface area contributed by atoms with E-state index < -0.39 is 6.29 Å².